The number of furan rings is 1. The highest BCUT2D eigenvalue weighted by molar-refractivity contribution is 7.99. The topological polar surface area (TPSA) is 116 Å². The van der Waals surface area contributed by atoms with Gasteiger partial charge in [-0.25, -0.2) is 0 Å². The molecule has 0 aliphatic heterocycles. The van der Waals surface area contributed by atoms with Gasteiger partial charge < -0.3 is 15.5 Å². The molecule has 156 valence electrons. The first-order valence-electron chi connectivity index (χ1n) is 9.44. The first-order chi connectivity index (χ1) is 15.1. The lowest BCUT2D eigenvalue weighted by Crippen LogP contribution is -2.19. The fourth-order valence-electron chi connectivity index (χ4n) is 3.02. The van der Waals surface area contributed by atoms with Crippen molar-refractivity contribution in [3.63, 3.8) is 0 Å². The molecule has 2 amide bonds. The molecule has 0 radical (unpaired) electrons. The Hall–Kier alpha value is -3.85. The highest BCUT2D eigenvalue weighted by atomic mass is 32.2. The van der Waals surface area contributed by atoms with Crippen LogP contribution in [-0.4, -0.2) is 32.3 Å². The van der Waals surface area contributed by atoms with Crippen LogP contribution in [0.1, 0.15) is 16.1 Å². The van der Waals surface area contributed by atoms with Crippen molar-refractivity contribution in [3.05, 3.63) is 84.3 Å². The van der Waals surface area contributed by atoms with E-state index in [1.54, 1.807) is 30.5 Å². The van der Waals surface area contributed by atoms with Crippen LogP contribution in [0.2, 0.25) is 0 Å². The second-order valence-corrected chi connectivity index (χ2v) is 7.53. The van der Waals surface area contributed by atoms with E-state index in [4.69, 9.17) is 10.2 Å². The summed E-state index contributed by atoms with van der Waals surface area (Å²) in [5, 5.41) is 11.9. The van der Waals surface area contributed by atoms with E-state index in [-0.39, 0.29) is 17.2 Å². The maximum Gasteiger partial charge on any atom is 0.250 e. The Morgan fingerprint density at radius 1 is 1.00 bits per heavy atom. The van der Waals surface area contributed by atoms with Gasteiger partial charge in [0.05, 0.1) is 29.8 Å². The number of nitrogens with two attached hydrogens (primary N) is 1. The maximum atomic E-state index is 12.5. The van der Waals surface area contributed by atoms with Crippen LogP contribution in [-0.2, 0) is 11.3 Å². The molecule has 3 N–H and O–H groups in total. The van der Waals surface area contributed by atoms with Crippen molar-refractivity contribution in [3.8, 4) is 11.4 Å². The number of para-hydroxylation sites is 1. The summed E-state index contributed by atoms with van der Waals surface area (Å²) in [6.07, 6.45) is 1.61. The summed E-state index contributed by atoms with van der Waals surface area (Å²) in [4.78, 5) is 24.1. The van der Waals surface area contributed by atoms with Crippen molar-refractivity contribution < 1.29 is 14.0 Å². The Labute approximate surface area is 182 Å². The minimum absolute atomic E-state index is 0.0815. The molecule has 0 unspecified atom stereocenters. The molecule has 9 heteroatoms. The maximum absolute atomic E-state index is 12.5. The number of hydrogen-bond acceptors (Lipinski definition) is 6. The first-order valence-corrected chi connectivity index (χ1v) is 10.4. The average molecular weight is 433 g/mol. The Kier molecular flexibility index (Phi) is 6.13. The number of carbonyl (C=O) groups is 2. The van der Waals surface area contributed by atoms with Crippen molar-refractivity contribution in [2.75, 3.05) is 11.1 Å². The van der Waals surface area contributed by atoms with Gasteiger partial charge in [0.2, 0.25) is 5.91 Å². The third kappa shape index (κ3) is 4.84. The number of carbonyl (C=O) groups excluding carboxylic acids is 2. The molecule has 4 aromatic rings. The number of amides is 2. The van der Waals surface area contributed by atoms with E-state index < -0.39 is 5.91 Å². The highest BCUT2D eigenvalue weighted by Crippen LogP contribution is 2.25. The molecule has 2 aromatic carbocycles. The summed E-state index contributed by atoms with van der Waals surface area (Å²) in [5.74, 6) is 0.623. The molecular weight excluding hydrogens is 414 g/mol. The molecule has 0 fully saturated rings. The van der Waals surface area contributed by atoms with Crippen LogP contribution in [0.5, 0.6) is 0 Å². The second-order valence-electron chi connectivity index (χ2n) is 6.58. The fraction of sp³-hybridized carbons (Fsp3) is 0.0909. The van der Waals surface area contributed by atoms with Crippen LogP contribution in [0.3, 0.4) is 0 Å². The molecule has 0 aliphatic rings. The van der Waals surface area contributed by atoms with Gasteiger partial charge in [-0.15, -0.1) is 10.2 Å². The lowest BCUT2D eigenvalue weighted by Gasteiger charge is -2.10. The minimum atomic E-state index is -0.603. The number of thioether (sulfide) groups is 1. The Balaban J connectivity index is 1.52. The minimum Gasteiger partial charge on any atom is -0.467 e. The van der Waals surface area contributed by atoms with Crippen LogP contribution in [0.15, 0.2) is 82.6 Å². The first kappa shape index (κ1) is 20.4. The molecule has 0 aliphatic carbocycles. The molecule has 0 bridgehead atoms. The van der Waals surface area contributed by atoms with Gasteiger partial charge in [0.25, 0.3) is 5.91 Å². The van der Waals surface area contributed by atoms with E-state index in [9.17, 15) is 9.59 Å². The summed E-state index contributed by atoms with van der Waals surface area (Å²) in [6.45, 7) is 0.429. The third-order valence-electron chi connectivity index (χ3n) is 4.44. The number of rotatable bonds is 8. The zero-order valence-electron chi connectivity index (χ0n) is 16.4. The summed E-state index contributed by atoms with van der Waals surface area (Å²) in [7, 11) is 0. The zero-order valence-corrected chi connectivity index (χ0v) is 17.2. The Morgan fingerprint density at radius 3 is 2.52 bits per heavy atom. The molecule has 2 aromatic heterocycles. The monoisotopic (exact) mass is 433 g/mol. The summed E-state index contributed by atoms with van der Waals surface area (Å²) >= 11 is 1.25. The Morgan fingerprint density at radius 2 is 1.77 bits per heavy atom. The number of primary amides is 1. The van der Waals surface area contributed by atoms with Crippen molar-refractivity contribution in [1.82, 2.24) is 14.8 Å². The van der Waals surface area contributed by atoms with Crippen LogP contribution >= 0.6 is 11.8 Å². The van der Waals surface area contributed by atoms with Gasteiger partial charge in [0, 0.05) is 5.56 Å². The average Bonchev–Trinajstić information content (AvgIpc) is 3.43. The third-order valence-corrected chi connectivity index (χ3v) is 5.41. The van der Waals surface area contributed by atoms with Gasteiger partial charge in [-0.1, -0.05) is 54.2 Å². The molecule has 0 atom stereocenters. The van der Waals surface area contributed by atoms with Gasteiger partial charge >= 0.3 is 0 Å². The largest absolute Gasteiger partial charge is 0.467 e. The predicted octanol–water partition coefficient (Wildman–Crippen LogP) is 3.42. The number of aromatic nitrogens is 3. The lowest BCUT2D eigenvalue weighted by molar-refractivity contribution is -0.113. The Bertz CT molecular complexity index is 1190. The summed E-state index contributed by atoms with van der Waals surface area (Å²) in [6, 6.07) is 20.0. The van der Waals surface area contributed by atoms with Crippen molar-refractivity contribution >= 4 is 29.3 Å². The van der Waals surface area contributed by atoms with Gasteiger partial charge in [0.15, 0.2) is 11.0 Å². The molecule has 4 rings (SSSR count). The van der Waals surface area contributed by atoms with Crippen LogP contribution < -0.4 is 11.1 Å². The predicted molar refractivity (Wildman–Crippen MR) is 118 cm³/mol. The smallest absolute Gasteiger partial charge is 0.250 e. The van der Waals surface area contributed by atoms with Gasteiger partial charge in [0.1, 0.15) is 5.76 Å². The number of hydrogen-bond donors (Lipinski definition) is 2. The quantitative estimate of drug-likeness (QED) is 0.411. The highest BCUT2D eigenvalue weighted by Gasteiger charge is 2.17. The van der Waals surface area contributed by atoms with E-state index in [0.29, 0.717) is 23.2 Å². The van der Waals surface area contributed by atoms with E-state index in [1.165, 1.54) is 11.8 Å². The number of nitrogens with one attached hydrogen (secondary N) is 1. The van der Waals surface area contributed by atoms with Crippen LogP contribution in [0, 0.1) is 0 Å². The second kappa shape index (κ2) is 9.31. The standard InChI is InChI=1S/C22H19N5O3S/c23-20(29)17-10-4-5-11-18(17)24-19(28)14-31-22-26-25-21(15-7-2-1-3-8-15)27(22)13-16-9-6-12-30-16/h1-12H,13-14H2,(H2,23,29)(H,24,28). The number of nitrogens with zero attached hydrogens (tertiary/aromatic N) is 3. The van der Waals surface area contributed by atoms with Gasteiger partial charge in [-0.2, -0.15) is 0 Å². The molecule has 31 heavy (non-hydrogen) atoms. The van der Waals surface area contributed by atoms with Crippen LogP contribution in [0.4, 0.5) is 5.69 Å². The normalized spacial score (nSPS) is 10.7. The SMILES string of the molecule is NC(=O)c1ccccc1NC(=O)CSc1nnc(-c2ccccc2)n1Cc1ccco1. The van der Waals surface area contributed by atoms with Gasteiger partial charge in [-0.3, -0.25) is 14.2 Å². The van der Waals surface area contributed by atoms with E-state index >= 15 is 0 Å². The molecule has 2 heterocycles. The fourth-order valence-corrected chi connectivity index (χ4v) is 3.76. The molecule has 0 spiro atoms. The summed E-state index contributed by atoms with van der Waals surface area (Å²) < 4.78 is 7.39. The molecule has 0 saturated heterocycles. The molecule has 8 nitrogen and oxygen atoms in total. The number of anilines is 1. The van der Waals surface area contributed by atoms with E-state index in [2.05, 4.69) is 15.5 Å². The van der Waals surface area contributed by atoms with Crippen molar-refractivity contribution in [1.29, 1.82) is 0 Å². The van der Waals surface area contributed by atoms with Crippen molar-refractivity contribution in [2.45, 2.75) is 11.7 Å². The van der Waals surface area contributed by atoms with Crippen LogP contribution in [0.25, 0.3) is 11.4 Å². The molecule has 0 saturated carbocycles. The van der Waals surface area contributed by atoms with Crippen molar-refractivity contribution in [2.24, 2.45) is 5.73 Å². The number of benzene rings is 2. The summed E-state index contributed by atoms with van der Waals surface area (Å²) in [5.41, 5.74) is 6.92. The van der Waals surface area contributed by atoms with E-state index in [1.807, 2.05) is 47.0 Å². The van der Waals surface area contributed by atoms with E-state index in [0.717, 1.165) is 11.3 Å². The lowest BCUT2D eigenvalue weighted by atomic mass is 10.1. The van der Waals surface area contributed by atoms with Gasteiger partial charge in [-0.05, 0) is 24.3 Å². The molecular formula is C22H19N5O3S. The zero-order chi connectivity index (χ0) is 21.6.